The Balaban J connectivity index is 1.61. The maximum absolute atomic E-state index is 12.5. The van der Waals surface area contributed by atoms with Crippen LogP contribution in [-0.4, -0.2) is 37.0 Å². The third-order valence-electron chi connectivity index (χ3n) is 5.07. The Morgan fingerprint density at radius 1 is 1.23 bits per heavy atom. The van der Waals surface area contributed by atoms with Gasteiger partial charge in [-0.3, -0.25) is 14.0 Å². The molecule has 0 saturated carbocycles. The van der Waals surface area contributed by atoms with Crippen LogP contribution in [0.1, 0.15) is 53.3 Å². The second-order valence-corrected chi connectivity index (χ2v) is 9.85. The second-order valence-electron chi connectivity index (χ2n) is 7.70. The molecule has 4 aromatic rings. The minimum Gasteiger partial charge on any atom is -0.325 e. The lowest BCUT2D eigenvalue weighted by Crippen LogP contribution is -2.15. The van der Waals surface area contributed by atoms with Crippen molar-refractivity contribution in [3.63, 3.8) is 0 Å². The van der Waals surface area contributed by atoms with Gasteiger partial charge in [0.15, 0.2) is 16.6 Å². The summed E-state index contributed by atoms with van der Waals surface area (Å²) in [5.41, 5.74) is 3.11. The van der Waals surface area contributed by atoms with Gasteiger partial charge in [0.05, 0.1) is 11.1 Å². The van der Waals surface area contributed by atoms with Crippen LogP contribution in [0.25, 0.3) is 15.9 Å². The van der Waals surface area contributed by atoms with Gasteiger partial charge in [0.25, 0.3) is 0 Å². The van der Waals surface area contributed by atoms with E-state index >= 15 is 0 Å². The Morgan fingerprint density at radius 2 is 2.00 bits per heavy atom. The van der Waals surface area contributed by atoms with Crippen LogP contribution in [0.4, 0.5) is 5.69 Å². The molecule has 0 unspecified atom stereocenters. The van der Waals surface area contributed by atoms with Crippen molar-refractivity contribution in [2.24, 2.45) is 0 Å². The van der Waals surface area contributed by atoms with Gasteiger partial charge in [0.2, 0.25) is 5.91 Å². The number of ketones is 1. The van der Waals surface area contributed by atoms with Crippen LogP contribution in [0.5, 0.6) is 0 Å². The fraction of sp³-hybridized carbons (Fsp3) is 0.318. The zero-order chi connectivity index (χ0) is 22.3. The Bertz CT molecular complexity index is 1320. The van der Waals surface area contributed by atoms with Crippen molar-refractivity contribution in [3.8, 4) is 0 Å². The highest BCUT2D eigenvalue weighted by Crippen LogP contribution is 2.34. The van der Waals surface area contributed by atoms with E-state index in [0.29, 0.717) is 16.4 Å². The summed E-state index contributed by atoms with van der Waals surface area (Å²) in [4.78, 5) is 31.2. The van der Waals surface area contributed by atoms with Crippen LogP contribution >= 0.6 is 23.1 Å². The lowest BCUT2D eigenvalue weighted by atomic mass is 10.1. The van der Waals surface area contributed by atoms with Crippen LogP contribution in [0.15, 0.2) is 29.4 Å². The number of thioether (sulfide) groups is 1. The molecule has 0 saturated heterocycles. The number of fused-ring (bicyclic) bond motifs is 3. The number of amides is 1. The number of carbonyl (C=O) groups excluding carboxylic acids is 2. The Kier molecular flexibility index (Phi) is 5.81. The Morgan fingerprint density at radius 3 is 2.71 bits per heavy atom. The molecular formula is C22H23N5O2S2. The molecular weight excluding hydrogens is 430 g/mol. The van der Waals surface area contributed by atoms with E-state index in [1.54, 1.807) is 35.6 Å². The predicted octanol–water partition coefficient (Wildman–Crippen LogP) is 5.01. The molecule has 0 aliphatic rings. The molecule has 3 aromatic heterocycles. The number of nitrogens with zero attached hydrogens (tertiary/aromatic N) is 4. The molecule has 0 fully saturated rings. The maximum Gasteiger partial charge on any atom is 0.234 e. The molecule has 4 rings (SSSR count). The number of hydrogen-bond acceptors (Lipinski definition) is 7. The number of nitrogens with one attached hydrogen (secondary N) is 1. The number of Topliss-reactive ketones (excluding diaryl/α,β-unsaturated/α-hetero) is 1. The maximum atomic E-state index is 12.5. The van der Waals surface area contributed by atoms with Crippen molar-refractivity contribution in [1.29, 1.82) is 0 Å². The number of carbonyl (C=O) groups is 2. The largest absolute Gasteiger partial charge is 0.325 e. The third kappa shape index (κ3) is 4.07. The average Bonchev–Trinajstić information content (AvgIpc) is 3.26. The quantitative estimate of drug-likeness (QED) is 0.326. The molecule has 3 heterocycles. The summed E-state index contributed by atoms with van der Waals surface area (Å²) in [5.74, 6) is 1.01. The van der Waals surface area contributed by atoms with E-state index in [2.05, 4.69) is 43.2 Å². The van der Waals surface area contributed by atoms with Crippen molar-refractivity contribution < 1.29 is 9.59 Å². The minimum atomic E-state index is -0.176. The Labute approximate surface area is 188 Å². The van der Waals surface area contributed by atoms with Crippen molar-refractivity contribution in [2.75, 3.05) is 11.1 Å². The van der Waals surface area contributed by atoms with E-state index in [0.717, 1.165) is 21.7 Å². The van der Waals surface area contributed by atoms with E-state index in [4.69, 9.17) is 4.98 Å². The average molecular weight is 454 g/mol. The fourth-order valence-electron chi connectivity index (χ4n) is 3.37. The Hall–Kier alpha value is -2.78. The molecule has 0 bridgehead atoms. The van der Waals surface area contributed by atoms with Crippen molar-refractivity contribution in [2.45, 2.75) is 45.7 Å². The number of benzene rings is 1. The monoisotopic (exact) mass is 453 g/mol. The molecule has 0 aliphatic heterocycles. The molecule has 9 heteroatoms. The molecule has 160 valence electrons. The van der Waals surface area contributed by atoms with Gasteiger partial charge in [-0.05, 0) is 38.5 Å². The predicted molar refractivity (Wildman–Crippen MR) is 126 cm³/mol. The molecule has 0 aliphatic carbocycles. The van der Waals surface area contributed by atoms with Gasteiger partial charge in [-0.1, -0.05) is 37.7 Å². The number of aromatic nitrogens is 4. The number of anilines is 1. The standard InChI is InChI=1S/C22H23N5O2S2/c1-11(2)19-24-21-18(12(3)14(5)31-21)20-25-26-22(27(19)20)30-10-17(29)23-16-8-6-7-15(9-16)13(4)28/h6-9,11H,10H2,1-5H3,(H,23,29). The summed E-state index contributed by atoms with van der Waals surface area (Å²) in [6.07, 6.45) is 0. The second kappa shape index (κ2) is 8.39. The van der Waals surface area contributed by atoms with Crippen LogP contribution in [0, 0.1) is 13.8 Å². The molecule has 0 radical (unpaired) electrons. The van der Waals surface area contributed by atoms with Gasteiger partial charge in [-0.25, -0.2) is 4.98 Å². The van der Waals surface area contributed by atoms with E-state index in [1.807, 2.05) is 4.40 Å². The summed E-state index contributed by atoms with van der Waals surface area (Å²) in [6.45, 7) is 9.84. The van der Waals surface area contributed by atoms with Crippen LogP contribution in [0.3, 0.4) is 0 Å². The van der Waals surface area contributed by atoms with E-state index < -0.39 is 0 Å². The zero-order valence-electron chi connectivity index (χ0n) is 18.0. The first kappa shape index (κ1) is 21.5. The lowest BCUT2D eigenvalue weighted by Gasteiger charge is -2.11. The molecule has 7 nitrogen and oxygen atoms in total. The fourth-order valence-corrected chi connectivity index (χ4v) is 5.14. The summed E-state index contributed by atoms with van der Waals surface area (Å²) >= 11 is 2.99. The summed E-state index contributed by atoms with van der Waals surface area (Å²) in [5, 5.41) is 13.3. The third-order valence-corrected chi connectivity index (χ3v) is 7.10. The number of aryl methyl sites for hydroxylation is 2. The smallest absolute Gasteiger partial charge is 0.234 e. The van der Waals surface area contributed by atoms with Gasteiger partial charge in [-0.2, -0.15) is 0 Å². The topological polar surface area (TPSA) is 89.2 Å². The van der Waals surface area contributed by atoms with E-state index in [1.165, 1.54) is 29.1 Å². The highest BCUT2D eigenvalue weighted by atomic mass is 32.2. The van der Waals surface area contributed by atoms with E-state index in [-0.39, 0.29) is 23.4 Å². The lowest BCUT2D eigenvalue weighted by molar-refractivity contribution is -0.113. The molecule has 0 spiro atoms. The number of hydrogen-bond donors (Lipinski definition) is 1. The van der Waals surface area contributed by atoms with Gasteiger partial charge in [0.1, 0.15) is 10.7 Å². The van der Waals surface area contributed by atoms with Crippen molar-refractivity contribution >= 4 is 56.3 Å². The van der Waals surface area contributed by atoms with E-state index in [9.17, 15) is 9.59 Å². The molecule has 1 aromatic carbocycles. The van der Waals surface area contributed by atoms with Crippen molar-refractivity contribution in [1.82, 2.24) is 19.6 Å². The first-order valence-corrected chi connectivity index (χ1v) is 11.7. The molecule has 1 amide bonds. The first-order chi connectivity index (χ1) is 14.8. The minimum absolute atomic E-state index is 0.0422. The number of thiophene rings is 1. The molecule has 0 atom stereocenters. The first-order valence-electron chi connectivity index (χ1n) is 9.94. The zero-order valence-corrected chi connectivity index (χ0v) is 19.6. The van der Waals surface area contributed by atoms with Gasteiger partial charge >= 0.3 is 0 Å². The highest BCUT2D eigenvalue weighted by Gasteiger charge is 2.21. The highest BCUT2D eigenvalue weighted by molar-refractivity contribution is 7.99. The van der Waals surface area contributed by atoms with Crippen LogP contribution < -0.4 is 5.32 Å². The summed E-state index contributed by atoms with van der Waals surface area (Å²) in [7, 11) is 0. The van der Waals surface area contributed by atoms with Crippen molar-refractivity contribution in [3.05, 3.63) is 46.1 Å². The SMILES string of the molecule is CC(=O)c1cccc(NC(=O)CSc2nnc3c4c(C)c(C)sc4nc(C(C)C)n23)c1. The molecule has 31 heavy (non-hydrogen) atoms. The molecule has 1 N–H and O–H groups in total. The summed E-state index contributed by atoms with van der Waals surface area (Å²) < 4.78 is 1.97. The van der Waals surface area contributed by atoms with Gasteiger partial charge < -0.3 is 5.32 Å². The number of rotatable bonds is 6. The summed E-state index contributed by atoms with van der Waals surface area (Å²) in [6, 6.07) is 6.92. The van der Waals surface area contributed by atoms with Gasteiger partial charge in [0, 0.05) is 22.0 Å². The van der Waals surface area contributed by atoms with Crippen LogP contribution in [0.2, 0.25) is 0 Å². The van der Waals surface area contributed by atoms with Gasteiger partial charge in [-0.15, -0.1) is 21.5 Å². The van der Waals surface area contributed by atoms with Crippen LogP contribution in [-0.2, 0) is 4.79 Å². The normalized spacial score (nSPS) is 11.5.